The third-order valence-electron chi connectivity index (χ3n) is 13.0. The third kappa shape index (κ3) is 7.30. The molecule has 1 spiro atoms. The maximum Gasteiger partial charge on any atom is 0.324 e. The molecular weight excluding hydrogens is 821 g/mol. The van der Waals surface area contributed by atoms with E-state index in [0.29, 0.717) is 66.0 Å². The van der Waals surface area contributed by atoms with Crippen molar-refractivity contribution in [3.8, 4) is 23.3 Å². The quantitative estimate of drug-likeness (QED) is 0.133. The summed E-state index contributed by atoms with van der Waals surface area (Å²) in [5.41, 5.74) is 2.83. The molecule has 0 unspecified atom stereocenters. The van der Waals surface area contributed by atoms with Crippen LogP contribution in [0, 0.1) is 17.8 Å². The van der Waals surface area contributed by atoms with Crippen molar-refractivity contribution in [2.75, 3.05) is 56.7 Å². The molecule has 65 heavy (non-hydrogen) atoms. The van der Waals surface area contributed by atoms with Crippen molar-refractivity contribution < 1.29 is 33.7 Å². The molecule has 2 amide bonds. The molecule has 5 aromatic carbocycles. The lowest BCUT2D eigenvalue weighted by atomic mass is 9.64. The number of methoxy groups -OCH3 is 1. The highest BCUT2D eigenvalue weighted by Crippen LogP contribution is 2.66. The van der Waals surface area contributed by atoms with E-state index in [1.807, 2.05) is 126 Å². The number of ether oxygens (including phenoxy) is 3. The SMILES string of the molecule is COc1ccc(C#Cc2ccc3c(c2)[C@]2(C(=O)N3)[C@H](c3ccccc3OCCO)N3[C@H](c4ccccc4)[C@H](c4ccccc4)OC(=O)[C@H]3[C@@H]2C(=O)N2CCN(c3ncccn3)CC2)cc1. The standard InChI is InChI=1S/C52H46N6O7/c1-63-38-22-19-34(20-23-38)17-18-35-21-24-41-40(33-35)52(50(62)55-41)43(48(60)56-27-29-57(30-28-56)51-53-25-10-26-54-51)45-49(61)65-46(37-13-6-3-7-14-37)44(36-11-4-2-5-12-36)58(45)47(52)39-15-8-9-16-42(39)64-32-31-59/h2-16,19-26,33,43-47,59H,27-32H2,1H3,(H,55,62)/t43-,44-,45-,46+,47+,52-/m1/s1. The summed E-state index contributed by atoms with van der Waals surface area (Å²) in [7, 11) is 1.61. The number of aliphatic hydroxyl groups is 1. The molecule has 0 aliphatic carbocycles. The fraction of sp³-hybridized carbons (Fsp3) is 0.250. The Bertz CT molecular complexity index is 2780. The van der Waals surface area contributed by atoms with Crippen LogP contribution in [-0.2, 0) is 24.5 Å². The van der Waals surface area contributed by atoms with Crippen molar-refractivity contribution >= 4 is 29.4 Å². The average Bonchev–Trinajstić information content (AvgIpc) is 3.84. The second-order valence-electron chi connectivity index (χ2n) is 16.4. The molecule has 13 nitrogen and oxygen atoms in total. The number of fused-ring (bicyclic) bond motifs is 3. The number of rotatable bonds is 9. The first-order valence-electron chi connectivity index (χ1n) is 21.7. The second-order valence-corrected chi connectivity index (χ2v) is 16.4. The van der Waals surface area contributed by atoms with E-state index in [-0.39, 0.29) is 19.1 Å². The second kappa shape index (κ2) is 17.6. The van der Waals surface area contributed by atoms with E-state index in [4.69, 9.17) is 14.2 Å². The summed E-state index contributed by atoms with van der Waals surface area (Å²) in [6.45, 7) is 1.18. The number of para-hydroxylation sites is 1. The van der Waals surface area contributed by atoms with Crippen LogP contribution in [0.3, 0.4) is 0 Å². The normalized spacial score (nSPS) is 23.4. The van der Waals surface area contributed by atoms with Gasteiger partial charge in [-0.25, -0.2) is 9.97 Å². The molecule has 4 aliphatic heterocycles. The molecule has 3 fully saturated rings. The number of anilines is 2. The lowest BCUT2D eigenvalue weighted by molar-refractivity contribution is -0.179. The average molecular weight is 867 g/mol. The lowest BCUT2D eigenvalue weighted by Crippen LogP contribution is -2.58. The highest BCUT2D eigenvalue weighted by Gasteiger charge is 2.74. The fourth-order valence-corrected chi connectivity index (χ4v) is 10.2. The minimum absolute atomic E-state index is 0.0252. The number of carbonyl (C=O) groups excluding carboxylic acids is 3. The van der Waals surface area contributed by atoms with Crippen molar-refractivity contribution in [3.05, 3.63) is 179 Å². The Hall–Kier alpha value is -7.53. The number of esters is 1. The van der Waals surface area contributed by atoms with Crippen molar-refractivity contribution in [1.29, 1.82) is 0 Å². The van der Waals surface area contributed by atoms with E-state index in [1.54, 1.807) is 36.5 Å². The van der Waals surface area contributed by atoms with Gasteiger partial charge in [-0.05, 0) is 71.3 Å². The maximum atomic E-state index is 16.0. The van der Waals surface area contributed by atoms with E-state index in [0.717, 1.165) is 16.7 Å². The predicted octanol–water partition coefficient (Wildman–Crippen LogP) is 5.88. The molecule has 1 aromatic heterocycles. The number of hydrogen-bond acceptors (Lipinski definition) is 11. The number of amides is 2. The minimum Gasteiger partial charge on any atom is -0.497 e. The Morgan fingerprint density at radius 3 is 2.17 bits per heavy atom. The number of aromatic nitrogens is 2. The minimum atomic E-state index is -1.75. The number of nitrogens with one attached hydrogen (secondary N) is 1. The molecule has 4 aliphatic rings. The number of nitrogens with zero attached hydrogens (tertiary/aromatic N) is 5. The zero-order valence-electron chi connectivity index (χ0n) is 35.6. The van der Waals surface area contributed by atoms with E-state index >= 15 is 14.4 Å². The summed E-state index contributed by atoms with van der Waals surface area (Å²) in [4.78, 5) is 61.9. The van der Waals surface area contributed by atoms with Gasteiger partial charge in [0.05, 0.1) is 31.7 Å². The van der Waals surface area contributed by atoms with Crippen LogP contribution < -0.4 is 19.7 Å². The molecule has 6 atom stereocenters. The molecule has 326 valence electrons. The van der Waals surface area contributed by atoms with Gasteiger partial charge in [-0.3, -0.25) is 19.3 Å². The van der Waals surface area contributed by atoms with Gasteiger partial charge in [-0.1, -0.05) is 90.7 Å². The molecule has 0 radical (unpaired) electrons. The summed E-state index contributed by atoms with van der Waals surface area (Å²) in [5.74, 6) is 5.53. The zero-order valence-corrected chi connectivity index (χ0v) is 35.6. The van der Waals surface area contributed by atoms with Gasteiger partial charge in [0, 0.05) is 61.0 Å². The van der Waals surface area contributed by atoms with Crippen LogP contribution in [0.25, 0.3) is 0 Å². The van der Waals surface area contributed by atoms with Crippen molar-refractivity contribution in [1.82, 2.24) is 19.8 Å². The Balaban J connectivity index is 1.21. The number of hydrogen-bond donors (Lipinski definition) is 2. The van der Waals surface area contributed by atoms with Crippen LogP contribution in [0.4, 0.5) is 11.6 Å². The van der Waals surface area contributed by atoms with Crippen LogP contribution in [0.5, 0.6) is 11.5 Å². The highest BCUT2D eigenvalue weighted by molar-refractivity contribution is 6.12. The molecule has 6 aromatic rings. The third-order valence-corrected chi connectivity index (χ3v) is 13.0. The molecule has 0 bridgehead atoms. The number of morpholine rings is 1. The predicted molar refractivity (Wildman–Crippen MR) is 242 cm³/mol. The molecule has 13 heteroatoms. The number of carbonyl (C=O) groups is 3. The van der Waals surface area contributed by atoms with E-state index < -0.39 is 47.4 Å². The smallest absolute Gasteiger partial charge is 0.324 e. The molecule has 10 rings (SSSR count). The summed E-state index contributed by atoms with van der Waals surface area (Å²) in [6, 6.07) is 38.5. The van der Waals surface area contributed by atoms with Crippen molar-refractivity contribution in [2.45, 2.75) is 29.6 Å². The first-order chi connectivity index (χ1) is 31.9. The van der Waals surface area contributed by atoms with Gasteiger partial charge < -0.3 is 34.4 Å². The Labute approximate surface area is 376 Å². The van der Waals surface area contributed by atoms with Crippen molar-refractivity contribution in [3.63, 3.8) is 0 Å². The van der Waals surface area contributed by atoms with E-state index in [1.165, 1.54) is 0 Å². The Morgan fingerprint density at radius 1 is 0.800 bits per heavy atom. The van der Waals surface area contributed by atoms with E-state index in [9.17, 15) is 5.11 Å². The Kier molecular flexibility index (Phi) is 11.2. The molecule has 5 heterocycles. The van der Waals surface area contributed by atoms with E-state index in [2.05, 4.69) is 32.0 Å². The van der Waals surface area contributed by atoms with Crippen LogP contribution in [0.15, 0.2) is 146 Å². The lowest BCUT2D eigenvalue weighted by Gasteiger charge is -2.46. The van der Waals surface area contributed by atoms with Crippen LogP contribution >= 0.6 is 0 Å². The summed E-state index contributed by atoms with van der Waals surface area (Å²) >= 11 is 0. The van der Waals surface area contributed by atoms with Crippen LogP contribution in [-0.4, -0.2) is 95.2 Å². The summed E-state index contributed by atoms with van der Waals surface area (Å²) in [6.07, 6.45) is 2.54. The van der Waals surface area contributed by atoms with Crippen molar-refractivity contribution in [2.24, 2.45) is 5.92 Å². The van der Waals surface area contributed by atoms with Crippen LogP contribution in [0.2, 0.25) is 0 Å². The van der Waals surface area contributed by atoms with Gasteiger partial charge in [0.25, 0.3) is 0 Å². The Morgan fingerprint density at radius 2 is 1.46 bits per heavy atom. The molecule has 0 saturated carbocycles. The van der Waals surface area contributed by atoms with Gasteiger partial charge >= 0.3 is 5.97 Å². The summed E-state index contributed by atoms with van der Waals surface area (Å²) in [5, 5.41) is 13.2. The summed E-state index contributed by atoms with van der Waals surface area (Å²) < 4.78 is 18.3. The van der Waals surface area contributed by atoms with Gasteiger partial charge in [-0.2, -0.15) is 0 Å². The number of piperazine rings is 1. The maximum absolute atomic E-state index is 16.0. The number of aliphatic hydroxyl groups excluding tert-OH is 1. The van der Waals surface area contributed by atoms with Gasteiger partial charge in [0.2, 0.25) is 17.8 Å². The topological polar surface area (TPSA) is 147 Å². The van der Waals surface area contributed by atoms with Gasteiger partial charge in [-0.15, -0.1) is 0 Å². The molecule has 2 N–H and O–H groups in total. The molecule has 3 saturated heterocycles. The number of cyclic esters (lactones) is 1. The first-order valence-corrected chi connectivity index (χ1v) is 21.7. The first kappa shape index (κ1) is 41.5. The monoisotopic (exact) mass is 866 g/mol. The van der Waals surface area contributed by atoms with Gasteiger partial charge in [0.15, 0.2) is 0 Å². The molecular formula is C52H46N6O7. The number of benzene rings is 5. The largest absolute Gasteiger partial charge is 0.497 e. The van der Waals surface area contributed by atoms with Gasteiger partial charge in [0.1, 0.15) is 35.7 Å². The van der Waals surface area contributed by atoms with Crippen LogP contribution in [0.1, 0.15) is 51.6 Å². The highest BCUT2D eigenvalue weighted by atomic mass is 16.6. The fourth-order valence-electron chi connectivity index (χ4n) is 10.2. The zero-order chi connectivity index (χ0) is 44.5.